The summed E-state index contributed by atoms with van der Waals surface area (Å²) >= 11 is 0. The number of hydrogen-bond acceptors (Lipinski definition) is 3. The molecule has 4 nitrogen and oxygen atoms in total. The average molecular weight is 300 g/mol. The van der Waals surface area contributed by atoms with Crippen molar-refractivity contribution in [2.75, 3.05) is 11.9 Å². The maximum Gasteiger partial charge on any atom is 0.131 e. The molecule has 2 aromatic rings. The largest absolute Gasteiger partial charge is 0.405 e. The second kappa shape index (κ2) is 9.28. The van der Waals surface area contributed by atoms with Crippen molar-refractivity contribution < 1.29 is 4.39 Å². The van der Waals surface area contributed by atoms with Crippen LogP contribution in [0, 0.1) is 12.7 Å². The third-order valence-corrected chi connectivity index (χ3v) is 2.78. The number of halogens is 1. The molecular formula is C17H21FN4. The minimum absolute atomic E-state index is 0.247. The van der Waals surface area contributed by atoms with Crippen LogP contribution in [-0.4, -0.2) is 17.9 Å². The fourth-order valence-corrected chi connectivity index (χ4v) is 1.78. The van der Waals surface area contributed by atoms with E-state index in [1.54, 1.807) is 30.9 Å². The highest BCUT2D eigenvalue weighted by Gasteiger charge is 2.08. The molecule has 0 amide bonds. The van der Waals surface area contributed by atoms with E-state index in [0.29, 0.717) is 12.1 Å². The van der Waals surface area contributed by atoms with Gasteiger partial charge in [-0.3, -0.25) is 9.98 Å². The van der Waals surface area contributed by atoms with E-state index in [9.17, 15) is 4.39 Å². The predicted octanol–water partition coefficient (Wildman–Crippen LogP) is 3.74. The average Bonchev–Trinajstić information content (AvgIpc) is 2.51. The van der Waals surface area contributed by atoms with Gasteiger partial charge >= 0.3 is 0 Å². The van der Waals surface area contributed by atoms with Gasteiger partial charge in [0.1, 0.15) is 5.82 Å². The molecule has 0 aliphatic rings. The molecule has 5 heteroatoms. The summed E-state index contributed by atoms with van der Waals surface area (Å²) in [6, 6.07) is 6.93. The van der Waals surface area contributed by atoms with Gasteiger partial charge in [0.2, 0.25) is 0 Å². The van der Waals surface area contributed by atoms with E-state index in [4.69, 9.17) is 0 Å². The number of aliphatic imine (C=N–C) groups is 1. The summed E-state index contributed by atoms with van der Waals surface area (Å²) in [6.07, 6.45) is 6.20. The third-order valence-electron chi connectivity index (χ3n) is 2.78. The predicted molar refractivity (Wildman–Crippen MR) is 91.4 cm³/mol. The Bertz CT molecular complexity index is 624. The van der Waals surface area contributed by atoms with Crippen molar-refractivity contribution in [2.24, 2.45) is 10.7 Å². The number of nitrogens with one attached hydrogen (secondary N) is 1. The fourth-order valence-electron chi connectivity index (χ4n) is 1.78. The van der Waals surface area contributed by atoms with Crippen LogP contribution in [0.4, 0.5) is 10.1 Å². The number of hydrogen-bond donors (Lipinski definition) is 2. The van der Waals surface area contributed by atoms with Crippen LogP contribution >= 0.6 is 0 Å². The topological polar surface area (TPSA) is 63.3 Å². The van der Waals surface area contributed by atoms with E-state index in [1.165, 1.54) is 12.3 Å². The van der Waals surface area contributed by atoms with Crippen molar-refractivity contribution in [1.29, 1.82) is 0 Å². The molecule has 0 saturated heterocycles. The first kappa shape index (κ1) is 17.4. The standard InChI is InChI=1S/C15H16FN3.C2H5N/c1-3-17-10-19-15-8-13(14(16)7-11(15)2)12-5-4-6-18-9-12;1-2-3/h4-10H,3H2,1-2H3,(H,17,19);2H,1,3H2. The van der Waals surface area contributed by atoms with Gasteiger partial charge in [0, 0.05) is 35.8 Å². The quantitative estimate of drug-likeness (QED) is 0.668. The Labute approximate surface area is 130 Å². The van der Waals surface area contributed by atoms with Crippen LogP contribution < -0.4 is 11.1 Å². The van der Waals surface area contributed by atoms with Crippen LogP contribution in [0.2, 0.25) is 0 Å². The number of nitrogens with two attached hydrogens (primary N) is 1. The summed E-state index contributed by atoms with van der Waals surface area (Å²) in [6.45, 7) is 7.66. The molecule has 1 aromatic heterocycles. The molecule has 0 atom stereocenters. The summed E-state index contributed by atoms with van der Waals surface area (Å²) in [5, 5.41) is 3.07. The summed E-state index contributed by atoms with van der Waals surface area (Å²) in [4.78, 5) is 8.11. The van der Waals surface area contributed by atoms with Crippen LogP contribution in [0.25, 0.3) is 11.1 Å². The van der Waals surface area contributed by atoms with E-state index in [0.717, 1.165) is 16.8 Å². The third kappa shape index (κ3) is 5.01. The molecule has 1 heterocycles. The monoisotopic (exact) mass is 300 g/mol. The van der Waals surface area contributed by atoms with Gasteiger partial charge in [-0.25, -0.2) is 4.39 Å². The van der Waals surface area contributed by atoms with E-state index in [-0.39, 0.29) is 5.82 Å². The van der Waals surface area contributed by atoms with Crippen LogP contribution in [0.15, 0.2) is 54.4 Å². The Kier molecular flexibility index (Phi) is 7.33. The number of aromatic nitrogens is 1. The van der Waals surface area contributed by atoms with Crippen molar-refractivity contribution in [3.63, 3.8) is 0 Å². The van der Waals surface area contributed by atoms with Gasteiger partial charge in [-0.2, -0.15) is 0 Å². The highest BCUT2D eigenvalue weighted by atomic mass is 19.1. The lowest BCUT2D eigenvalue weighted by Gasteiger charge is -2.10. The Morgan fingerprint density at radius 1 is 1.45 bits per heavy atom. The number of nitrogens with zero attached hydrogens (tertiary/aromatic N) is 2. The Morgan fingerprint density at radius 2 is 2.18 bits per heavy atom. The van der Waals surface area contributed by atoms with Crippen molar-refractivity contribution >= 4 is 12.0 Å². The molecular weight excluding hydrogens is 279 g/mol. The van der Waals surface area contributed by atoms with E-state index in [2.05, 4.69) is 27.6 Å². The normalized spacial score (nSPS) is 9.95. The van der Waals surface area contributed by atoms with E-state index < -0.39 is 0 Å². The summed E-state index contributed by atoms with van der Waals surface area (Å²) in [7, 11) is 0. The zero-order valence-corrected chi connectivity index (χ0v) is 12.9. The lowest BCUT2D eigenvalue weighted by molar-refractivity contribution is 0.630. The van der Waals surface area contributed by atoms with Gasteiger partial charge in [0.15, 0.2) is 0 Å². The molecule has 3 N–H and O–H groups in total. The van der Waals surface area contributed by atoms with Crippen LogP contribution in [0.3, 0.4) is 0 Å². The zero-order valence-electron chi connectivity index (χ0n) is 12.9. The van der Waals surface area contributed by atoms with Crippen molar-refractivity contribution in [3.05, 3.63) is 60.8 Å². The van der Waals surface area contributed by atoms with Crippen LogP contribution in [-0.2, 0) is 0 Å². The first-order valence-corrected chi connectivity index (χ1v) is 6.92. The molecule has 0 spiro atoms. The molecule has 0 bridgehead atoms. The summed E-state index contributed by atoms with van der Waals surface area (Å²) in [5.74, 6) is -0.247. The van der Waals surface area contributed by atoms with Crippen molar-refractivity contribution in [3.8, 4) is 11.1 Å². The number of rotatable bonds is 4. The second-order valence-electron chi connectivity index (χ2n) is 4.40. The first-order chi connectivity index (χ1) is 10.6. The van der Waals surface area contributed by atoms with Gasteiger partial charge < -0.3 is 11.1 Å². The second-order valence-corrected chi connectivity index (χ2v) is 4.40. The SMILES string of the molecule is C=CN.CCN=CNc1cc(-c2cccnc2)c(F)cc1C. The maximum atomic E-state index is 14.0. The van der Waals surface area contributed by atoms with E-state index >= 15 is 0 Å². The van der Waals surface area contributed by atoms with E-state index in [1.807, 2.05) is 19.9 Å². The number of benzene rings is 1. The first-order valence-electron chi connectivity index (χ1n) is 6.92. The van der Waals surface area contributed by atoms with Crippen molar-refractivity contribution in [1.82, 2.24) is 4.98 Å². The molecule has 22 heavy (non-hydrogen) atoms. The van der Waals surface area contributed by atoms with Gasteiger partial charge in [-0.1, -0.05) is 12.6 Å². The summed E-state index contributed by atoms with van der Waals surface area (Å²) in [5.41, 5.74) is 7.59. The van der Waals surface area contributed by atoms with Gasteiger partial charge in [0.25, 0.3) is 0 Å². The summed E-state index contributed by atoms with van der Waals surface area (Å²) < 4.78 is 14.0. The molecule has 0 radical (unpaired) electrons. The molecule has 1 aromatic carbocycles. The zero-order chi connectivity index (χ0) is 16.4. The molecule has 0 aliphatic carbocycles. The molecule has 116 valence electrons. The smallest absolute Gasteiger partial charge is 0.131 e. The Morgan fingerprint density at radius 3 is 2.77 bits per heavy atom. The van der Waals surface area contributed by atoms with Gasteiger partial charge in [-0.05, 0) is 43.8 Å². The highest BCUT2D eigenvalue weighted by Crippen LogP contribution is 2.27. The van der Waals surface area contributed by atoms with Gasteiger partial charge in [0.05, 0.1) is 6.34 Å². The highest BCUT2D eigenvalue weighted by molar-refractivity contribution is 5.80. The maximum absolute atomic E-state index is 14.0. The van der Waals surface area contributed by atoms with Gasteiger partial charge in [-0.15, -0.1) is 0 Å². The van der Waals surface area contributed by atoms with Crippen molar-refractivity contribution in [2.45, 2.75) is 13.8 Å². The van der Waals surface area contributed by atoms with Crippen LogP contribution in [0.5, 0.6) is 0 Å². The molecule has 0 saturated carbocycles. The van der Waals surface area contributed by atoms with Crippen LogP contribution in [0.1, 0.15) is 12.5 Å². The molecule has 0 aliphatic heterocycles. The molecule has 0 fully saturated rings. The Balaban J connectivity index is 0.000000745. The number of pyridine rings is 1. The fraction of sp³-hybridized carbons (Fsp3) is 0.176. The lowest BCUT2D eigenvalue weighted by Crippen LogP contribution is -1.99. The molecule has 2 rings (SSSR count). The Hall–Kier alpha value is -2.69. The lowest BCUT2D eigenvalue weighted by atomic mass is 10.0. The number of aryl methyl sites for hydroxylation is 1. The minimum atomic E-state index is -0.247. The minimum Gasteiger partial charge on any atom is -0.405 e. The molecule has 0 unspecified atom stereocenters. The number of anilines is 1.